The van der Waals surface area contributed by atoms with E-state index in [0.29, 0.717) is 38.8 Å². The van der Waals surface area contributed by atoms with E-state index < -0.39 is 28.0 Å². The van der Waals surface area contributed by atoms with Crippen molar-refractivity contribution in [2.75, 3.05) is 13.1 Å². The lowest BCUT2D eigenvalue weighted by atomic mass is 10.1. The van der Waals surface area contributed by atoms with Crippen LogP contribution in [0, 0.1) is 6.92 Å². The summed E-state index contributed by atoms with van der Waals surface area (Å²) in [6.45, 7) is 3.50. The number of nitrogens with zero attached hydrogens (tertiary/aromatic N) is 5. The van der Waals surface area contributed by atoms with Crippen LogP contribution in [0.2, 0.25) is 0 Å². The summed E-state index contributed by atoms with van der Waals surface area (Å²) in [7, 11) is -2.52. The van der Waals surface area contributed by atoms with E-state index in [0.717, 1.165) is 18.7 Å². The van der Waals surface area contributed by atoms with E-state index in [1.165, 1.54) is 6.07 Å². The van der Waals surface area contributed by atoms with Crippen LogP contribution in [0.25, 0.3) is 16.9 Å². The van der Waals surface area contributed by atoms with Crippen molar-refractivity contribution in [1.82, 2.24) is 28.4 Å². The molecule has 0 aliphatic heterocycles. The van der Waals surface area contributed by atoms with Gasteiger partial charge in [-0.3, -0.25) is 9.25 Å². The van der Waals surface area contributed by atoms with Crippen molar-refractivity contribution in [1.29, 1.82) is 0 Å². The molecule has 1 amide bonds. The first-order valence-corrected chi connectivity index (χ1v) is 12.4. The molecule has 2 N–H and O–H groups in total. The molecule has 0 fully saturated rings. The third-order valence-corrected chi connectivity index (χ3v) is 6.99. The molecule has 35 heavy (non-hydrogen) atoms. The van der Waals surface area contributed by atoms with E-state index in [-0.39, 0.29) is 25.9 Å². The van der Waals surface area contributed by atoms with E-state index in [2.05, 4.69) is 14.8 Å². The zero-order valence-corrected chi connectivity index (χ0v) is 20.3. The van der Waals surface area contributed by atoms with Crippen molar-refractivity contribution in [3.63, 3.8) is 0 Å². The lowest BCUT2D eigenvalue weighted by Crippen LogP contribution is -2.44. The maximum Gasteiger partial charge on any atom is 0.422 e. The van der Waals surface area contributed by atoms with Gasteiger partial charge in [-0.15, -0.1) is 0 Å². The maximum absolute atomic E-state index is 13.1. The second-order valence-electron chi connectivity index (χ2n) is 8.04. The summed E-state index contributed by atoms with van der Waals surface area (Å²) in [4.78, 5) is 15.6. The highest BCUT2D eigenvalue weighted by Crippen LogP contribution is 2.32. The van der Waals surface area contributed by atoms with Gasteiger partial charge in [0.2, 0.25) is 0 Å². The summed E-state index contributed by atoms with van der Waals surface area (Å²) in [5.41, 5.74) is 0.777. The fourth-order valence-corrected chi connectivity index (χ4v) is 4.94. The SMILES string of the molecule is CCCCNS(=O)(=O)N(CCCc1c(C)nn(C)c1-n1ccc2cc(C(F)(F)F)cnc21)C(=O)O. The number of aryl methyl sites for hydroxylation is 2. The van der Waals surface area contributed by atoms with Gasteiger partial charge in [-0.25, -0.2) is 9.78 Å². The highest BCUT2D eigenvalue weighted by Gasteiger charge is 2.31. The lowest BCUT2D eigenvalue weighted by molar-refractivity contribution is -0.137. The number of fused-ring (bicyclic) bond motifs is 1. The molecule has 0 unspecified atom stereocenters. The smallest absolute Gasteiger partial charge is 0.422 e. The van der Waals surface area contributed by atoms with Gasteiger partial charge >= 0.3 is 22.5 Å². The van der Waals surface area contributed by atoms with Gasteiger partial charge in [0.25, 0.3) is 0 Å². The molecule has 3 aromatic rings. The fourth-order valence-electron chi connectivity index (χ4n) is 3.81. The first kappa shape index (κ1) is 26.5. The second-order valence-corrected chi connectivity index (χ2v) is 9.72. The molecule has 0 saturated heterocycles. The van der Waals surface area contributed by atoms with Gasteiger partial charge in [0.05, 0.1) is 11.3 Å². The van der Waals surface area contributed by atoms with Crippen LogP contribution in [0.3, 0.4) is 0 Å². The number of rotatable bonds is 10. The number of aromatic nitrogens is 4. The van der Waals surface area contributed by atoms with Crippen molar-refractivity contribution in [3.8, 4) is 5.82 Å². The molecule has 0 radical (unpaired) electrons. The summed E-state index contributed by atoms with van der Waals surface area (Å²) in [6, 6.07) is 2.53. The number of hydrogen-bond acceptors (Lipinski definition) is 5. The number of halogens is 3. The minimum atomic E-state index is -4.51. The van der Waals surface area contributed by atoms with Gasteiger partial charge < -0.3 is 5.11 Å². The molecule has 3 rings (SSSR count). The molecule has 0 saturated carbocycles. The topological polar surface area (TPSA) is 122 Å². The monoisotopic (exact) mass is 516 g/mol. The highest BCUT2D eigenvalue weighted by molar-refractivity contribution is 7.87. The van der Waals surface area contributed by atoms with Crippen LogP contribution in [0.4, 0.5) is 18.0 Å². The number of unbranched alkanes of at least 4 members (excludes halogenated alkanes) is 1. The van der Waals surface area contributed by atoms with Crippen molar-refractivity contribution in [2.24, 2.45) is 7.05 Å². The first-order chi connectivity index (χ1) is 16.4. The Morgan fingerprint density at radius 3 is 2.63 bits per heavy atom. The molecule has 0 bridgehead atoms. The Bertz CT molecular complexity index is 1320. The molecular weight excluding hydrogens is 489 g/mol. The van der Waals surface area contributed by atoms with Crippen LogP contribution in [0.5, 0.6) is 0 Å². The van der Waals surface area contributed by atoms with Crippen molar-refractivity contribution in [2.45, 2.75) is 45.7 Å². The predicted molar refractivity (Wildman–Crippen MR) is 122 cm³/mol. The Morgan fingerprint density at radius 1 is 1.29 bits per heavy atom. The molecule has 10 nitrogen and oxygen atoms in total. The van der Waals surface area contributed by atoms with Gasteiger partial charge in [-0.2, -0.15) is 35.7 Å². The molecule has 3 heterocycles. The van der Waals surface area contributed by atoms with Crippen LogP contribution >= 0.6 is 0 Å². The van der Waals surface area contributed by atoms with Crippen LogP contribution in [-0.4, -0.2) is 56.3 Å². The van der Waals surface area contributed by atoms with Gasteiger partial charge in [-0.1, -0.05) is 13.3 Å². The average Bonchev–Trinajstić information content (AvgIpc) is 3.29. The lowest BCUT2D eigenvalue weighted by Gasteiger charge is -2.19. The number of nitrogens with one attached hydrogen (secondary N) is 1. The van der Waals surface area contributed by atoms with Crippen LogP contribution in [0.15, 0.2) is 24.5 Å². The van der Waals surface area contributed by atoms with E-state index in [9.17, 15) is 31.5 Å². The van der Waals surface area contributed by atoms with Crippen molar-refractivity contribution in [3.05, 3.63) is 41.3 Å². The number of carboxylic acid groups (broad SMARTS) is 1. The van der Waals surface area contributed by atoms with E-state index >= 15 is 0 Å². The summed E-state index contributed by atoms with van der Waals surface area (Å²) in [5, 5.41) is 14.1. The predicted octanol–water partition coefficient (Wildman–Crippen LogP) is 3.63. The molecule has 0 aromatic carbocycles. The maximum atomic E-state index is 13.1. The van der Waals surface area contributed by atoms with Gasteiger partial charge in [0, 0.05) is 43.5 Å². The number of pyridine rings is 1. The minimum absolute atomic E-state index is 0.137. The van der Waals surface area contributed by atoms with E-state index in [1.807, 2.05) is 6.92 Å². The Labute approximate surface area is 200 Å². The summed E-state index contributed by atoms with van der Waals surface area (Å²) in [6.07, 6.45) is -1.97. The molecule has 14 heteroatoms. The number of carbonyl (C=O) groups is 1. The fraction of sp³-hybridized carbons (Fsp3) is 0.476. The molecule has 0 aliphatic rings. The zero-order chi connectivity index (χ0) is 26.0. The van der Waals surface area contributed by atoms with Crippen LogP contribution in [0.1, 0.15) is 43.0 Å². The third-order valence-electron chi connectivity index (χ3n) is 5.50. The average molecular weight is 517 g/mol. The van der Waals surface area contributed by atoms with Gasteiger partial charge in [0.15, 0.2) is 0 Å². The summed E-state index contributed by atoms with van der Waals surface area (Å²) in [5.74, 6) is 0.551. The molecule has 0 spiro atoms. The molecule has 0 atom stereocenters. The molecule has 0 aliphatic carbocycles. The largest absolute Gasteiger partial charge is 0.464 e. The van der Waals surface area contributed by atoms with Crippen LogP contribution < -0.4 is 4.72 Å². The molecule has 192 valence electrons. The van der Waals surface area contributed by atoms with Crippen molar-refractivity contribution < 1.29 is 31.5 Å². The van der Waals surface area contributed by atoms with Gasteiger partial charge in [0.1, 0.15) is 11.5 Å². The Kier molecular flexibility index (Phi) is 7.74. The van der Waals surface area contributed by atoms with E-state index in [4.69, 9.17) is 0 Å². The third kappa shape index (κ3) is 5.75. The Morgan fingerprint density at radius 2 is 2.00 bits per heavy atom. The van der Waals surface area contributed by atoms with Crippen LogP contribution in [-0.2, 0) is 29.9 Å². The number of hydrogen-bond donors (Lipinski definition) is 2. The highest BCUT2D eigenvalue weighted by atomic mass is 32.2. The zero-order valence-electron chi connectivity index (χ0n) is 19.5. The molecular formula is C21H27F3N6O4S. The summed E-state index contributed by atoms with van der Waals surface area (Å²) >= 11 is 0. The molecule has 3 aromatic heterocycles. The minimum Gasteiger partial charge on any atom is -0.464 e. The van der Waals surface area contributed by atoms with Crippen molar-refractivity contribution >= 4 is 27.3 Å². The van der Waals surface area contributed by atoms with Gasteiger partial charge in [-0.05, 0) is 38.3 Å². The quantitative estimate of drug-likeness (QED) is 0.397. The number of alkyl halides is 3. The second kappa shape index (κ2) is 10.2. The summed E-state index contributed by atoms with van der Waals surface area (Å²) < 4.78 is 69.8. The Hall–Kier alpha value is -3.13. The number of amides is 1. The Balaban J connectivity index is 1.85. The normalized spacial score (nSPS) is 12.4. The van der Waals surface area contributed by atoms with E-state index in [1.54, 1.807) is 29.4 Å². The standard InChI is InChI=1S/C21H27F3N6O4S/c1-4-5-9-26-35(33,34)30(20(31)32)10-6-7-17-14(2)27-28(3)19(17)29-11-8-15-12-16(21(22,23)24)13-25-18(15)29/h8,11-13,26H,4-7,9-10H2,1-3H3,(H,31,32). The first-order valence-electron chi connectivity index (χ1n) is 10.9.